The average molecular weight is 280 g/mol. The number of ether oxygens (including phenoxy) is 2. The summed E-state index contributed by atoms with van der Waals surface area (Å²) in [5.74, 6) is 1.49. The van der Waals surface area contributed by atoms with Gasteiger partial charge in [-0.15, -0.1) is 0 Å². The van der Waals surface area contributed by atoms with Crippen LogP contribution in [0.4, 0.5) is 0 Å². The first-order chi connectivity index (χ1) is 9.55. The minimum atomic E-state index is -0.527. The smallest absolute Gasteiger partial charge is 0.161 e. The summed E-state index contributed by atoms with van der Waals surface area (Å²) in [5.41, 5.74) is 1.95. The van der Waals surface area contributed by atoms with E-state index in [-0.39, 0.29) is 5.78 Å². The van der Waals surface area contributed by atoms with Crippen molar-refractivity contribution in [3.8, 4) is 11.5 Å². The summed E-state index contributed by atoms with van der Waals surface area (Å²) in [4.78, 5) is 12.3. The monoisotopic (exact) mass is 280 g/mol. The summed E-state index contributed by atoms with van der Waals surface area (Å²) in [7, 11) is 3.19. The number of ketones is 1. The lowest BCUT2D eigenvalue weighted by molar-refractivity contribution is -0.919. The maximum Gasteiger partial charge on any atom is 0.161 e. The predicted octanol–water partition coefficient (Wildman–Crippen LogP) is 0.115. The highest BCUT2D eigenvalue weighted by Crippen LogP contribution is 2.33. The molecular formula is C15H22NO4+. The van der Waals surface area contributed by atoms with Crippen molar-refractivity contribution in [2.75, 3.05) is 27.3 Å². The van der Waals surface area contributed by atoms with E-state index in [2.05, 4.69) is 0 Å². The highest BCUT2D eigenvalue weighted by atomic mass is 16.5. The molecule has 2 N–H and O–H groups in total. The molecule has 2 atom stereocenters. The van der Waals surface area contributed by atoms with Gasteiger partial charge in [0.25, 0.3) is 0 Å². The van der Waals surface area contributed by atoms with E-state index >= 15 is 0 Å². The Hall–Kier alpha value is -1.59. The molecule has 20 heavy (non-hydrogen) atoms. The fourth-order valence-corrected chi connectivity index (χ4v) is 2.67. The van der Waals surface area contributed by atoms with Crippen LogP contribution in [-0.4, -0.2) is 38.2 Å². The standard InChI is InChI=1S/C15H21NO4/c1-10(17)4-5-16-8-11-6-14(19-2)15(20-3)7-12(11)13(18)9-16/h6-7,13,18H,4-5,8-9H2,1-3H3/p+1/t13-/m0/s1. The topological polar surface area (TPSA) is 60.2 Å². The lowest BCUT2D eigenvalue weighted by atomic mass is 9.96. The van der Waals surface area contributed by atoms with Gasteiger partial charge in [-0.25, -0.2) is 0 Å². The number of carbonyl (C=O) groups is 1. The third-order valence-electron chi connectivity index (χ3n) is 3.76. The number of benzene rings is 1. The van der Waals surface area contributed by atoms with Crippen molar-refractivity contribution < 1.29 is 24.3 Å². The number of aliphatic hydroxyl groups is 1. The van der Waals surface area contributed by atoms with E-state index in [0.29, 0.717) is 24.5 Å². The zero-order chi connectivity index (χ0) is 14.7. The van der Waals surface area contributed by atoms with Crippen molar-refractivity contribution >= 4 is 5.78 Å². The zero-order valence-electron chi connectivity index (χ0n) is 12.2. The van der Waals surface area contributed by atoms with E-state index in [9.17, 15) is 9.90 Å². The summed E-state index contributed by atoms with van der Waals surface area (Å²) in [6.07, 6.45) is 0.0190. The Morgan fingerprint density at radius 3 is 2.60 bits per heavy atom. The number of rotatable bonds is 5. The minimum Gasteiger partial charge on any atom is -0.493 e. The summed E-state index contributed by atoms with van der Waals surface area (Å²) in [6.45, 7) is 3.76. The summed E-state index contributed by atoms with van der Waals surface area (Å²) in [5, 5.41) is 10.3. The second-order valence-electron chi connectivity index (χ2n) is 5.25. The van der Waals surface area contributed by atoms with E-state index in [1.54, 1.807) is 21.1 Å². The normalized spacial score (nSPS) is 21.2. The maximum absolute atomic E-state index is 11.1. The van der Waals surface area contributed by atoms with Crippen molar-refractivity contribution in [3.05, 3.63) is 23.3 Å². The molecule has 0 spiro atoms. The molecule has 1 unspecified atom stereocenters. The minimum absolute atomic E-state index is 0.185. The summed E-state index contributed by atoms with van der Waals surface area (Å²) in [6, 6.07) is 3.77. The van der Waals surface area contributed by atoms with Crippen LogP contribution in [0.3, 0.4) is 0 Å². The first-order valence-electron chi connectivity index (χ1n) is 6.81. The fraction of sp³-hybridized carbons (Fsp3) is 0.533. The van der Waals surface area contributed by atoms with Gasteiger partial charge < -0.3 is 19.5 Å². The highest BCUT2D eigenvalue weighted by Gasteiger charge is 2.28. The van der Waals surface area contributed by atoms with Crippen LogP contribution in [0.2, 0.25) is 0 Å². The first-order valence-corrected chi connectivity index (χ1v) is 6.81. The molecule has 1 aliphatic rings. The van der Waals surface area contributed by atoms with Gasteiger partial charge in [0.05, 0.1) is 27.2 Å². The lowest BCUT2D eigenvalue weighted by Crippen LogP contribution is -3.12. The lowest BCUT2D eigenvalue weighted by Gasteiger charge is -2.30. The molecular weight excluding hydrogens is 258 g/mol. The van der Waals surface area contributed by atoms with Gasteiger partial charge in [0.1, 0.15) is 25.0 Å². The molecule has 0 amide bonds. The molecule has 1 aliphatic heterocycles. The Balaban J connectivity index is 2.23. The molecule has 0 fully saturated rings. The first kappa shape index (κ1) is 14.8. The maximum atomic E-state index is 11.1. The second-order valence-corrected chi connectivity index (χ2v) is 5.25. The van der Waals surface area contributed by atoms with E-state index in [1.807, 2.05) is 12.1 Å². The fourth-order valence-electron chi connectivity index (χ4n) is 2.67. The summed E-state index contributed by atoms with van der Waals surface area (Å²) >= 11 is 0. The van der Waals surface area contributed by atoms with E-state index in [1.165, 1.54) is 4.90 Å². The molecule has 0 saturated carbocycles. The van der Waals surface area contributed by atoms with Crippen molar-refractivity contribution in [1.82, 2.24) is 0 Å². The van der Waals surface area contributed by atoms with E-state index in [0.717, 1.165) is 24.2 Å². The Bertz CT molecular complexity index is 501. The van der Waals surface area contributed by atoms with E-state index in [4.69, 9.17) is 9.47 Å². The van der Waals surface area contributed by atoms with Crippen LogP contribution in [0, 0.1) is 0 Å². The molecule has 0 aromatic heterocycles. The van der Waals surface area contributed by atoms with Crippen LogP contribution in [0.15, 0.2) is 12.1 Å². The average Bonchev–Trinajstić information content (AvgIpc) is 2.43. The molecule has 1 aromatic carbocycles. The number of Topliss-reactive ketones (excluding diaryl/α,β-unsaturated/α-hetero) is 1. The number of carbonyl (C=O) groups excluding carboxylic acids is 1. The predicted molar refractivity (Wildman–Crippen MR) is 74.2 cm³/mol. The third-order valence-corrected chi connectivity index (χ3v) is 3.76. The van der Waals surface area contributed by atoms with Crippen molar-refractivity contribution in [3.63, 3.8) is 0 Å². The van der Waals surface area contributed by atoms with Crippen LogP contribution in [-0.2, 0) is 11.3 Å². The molecule has 0 bridgehead atoms. The second kappa shape index (κ2) is 6.24. The Labute approximate surface area is 119 Å². The van der Waals surface area contributed by atoms with Crippen LogP contribution < -0.4 is 14.4 Å². The summed E-state index contributed by atoms with van der Waals surface area (Å²) < 4.78 is 10.6. The number of hydrogen-bond acceptors (Lipinski definition) is 4. The van der Waals surface area contributed by atoms with Crippen LogP contribution >= 0.6 is 0 Å². The largest absolute Gasteiger partial charge is 0.493 e. The van der Waals surface area contributed by atoms with Crippen LogP contribution in [0.25, 0.3) is 0 Å². The SMILES string of the molecule is COc1cc2c(cc1OC)[C@@H](O)C[NH+](CCC(C)=O)C2. The molecule has 0 saturated heterocycles. The third kappa shape index (κ3) is 3.11. The van der Waals surface area contributed by atoms with Gasteiger partial charge in [-0.2, -0.15) is 0 Å². The zero-order valence-corrected chi connectivity index (χ0v) is 12.2. The van der Waals surface area contributed by atoms with Gasteiger partial charge in [0, 0.05) is 5.56 Å². The van der Waals surface area contributed by atoms with Gasteiger partial charge in [0.15, 0.2) is 11.5 Å². The van der Waals surface area contributed by atoms with Gasteiger partial charge in [0.2, 0.25) is 0 Å². The Kier molecular flexibility index (Phi) is 4.62. The number of nitrogens with one attached hydrogen (secondary N) is 1. The van der Waals surface area contributed by atoms with Gasteiger partial charge >= 0.3 is 0 Å². The molecule has 0 aliphatic carbocycles. The van der Waals surface area contributed by atoms with Crippen molar-refractivity contribution in [2.45, 2.75) is 26.0 Å². The van der Waals surface area contributed by atoms with E-state index < -0.39 is 6.10 Å². The molecule has 5 heteroatoms. The molecule has 0 radical (unpaired) electrons. The van der Waals surface area contributed by atoms with Gasteiger partial charge in [-0.1, -0.05) is 0 Å². The van der Waals surface area contributed by atoms with Crippen LogP contribution in [0.5, 0.6) is 11.5 Å². The number of methoxy groups -OCH3 is 2. The molecule has 2 rings (SSSR count). The quantitative estimate of drug-likeness (QED) is 0.804. The number of aliphatic hydroxyl groups excluding tert-OH is 1. The van der Waals surface area contributed by atoms with Gasteiger partial charge in [-0.3, -0.25) is 4.79 Å². The molecule has 5 nitrogen and oxygen atoms in total. The van der Waals surface area contributed by atoms with Gasteiger partial charge in [-0.05, 0) is 24.6 Å². The molecule has 110 valence electrons. The van der Waals surface area contributed by atoms with Crippen molar-refractivity contribution in [2.24, 2.45) is 0 Å². The molecule has 1 heterocycles. The highest BCUT2D eigenvalue weighted by molar-refractivity contribution is 5.75. The number of hydrogen-bond donors (Lipinski definition) is 2. The number of quaternary nitrogens is 1. The molecule has 1 aromatic rings. The van der Waals surface area contributed by atoms with Crippen molar-refractivity contribution in [1.29, 1.82) is 0 Å². The Morgan fingerprint density at radius 2 is 2.00 bits per heavy atom. The number of fused-ring (bicyclic) bond motifs is 1. The Morgan fingerprint density at radius 1 is 1.35 bits per heavy atom. The van der Waals surface area contributed by atoms with Crippen LogP contribution in [0.1, 0.15) is 30.6 Å².